The molecule has 2 aromatic carbocycles. The number of carbonyl (C=O) groups excluding carboxylic acids is 1. The van der Waals surface area contributed by atoms with Crippen LogP contribution in [0.5, 0.6) is 5.75 Å². The van der Waals surface area contributed by atoms with Crippen molar-refractivity contribution in [1.29, 1.82) is 0 Å². The largest absolute Gasteiger partial charge is 0.493 e. The molecule has 0 atom stereocenters. The minimum atomic E-state index is -0.128. The van der Waals surface area contributed by atoms with E-state index >= 15 is 0 Å². The van der Waals surface area contributed by atoms with E-state index in [1.54, 1.807) is 0 Å². The van der Waals surface area contributed by atoms with Crippen molar-refractivity contribution < 1.29 is 13.9 Å². The van der Waals surface area contributed by atoms with Gasteiger partial charge in [-0.1, -0.05) is 26.0 Å². The normalized spacial score (nSPS) is 11.2. The molecule has 154 valence electrons. The van der Waals surface area contributed by atoms with Crippen LogP contribution >= 0.6 is 11.3 Å². The summed E-state index contributed by atoms with van der Waals surface area (Å²) >= 11 is 1.50. The van der Waals surface area contributed by atoms with Crippen molar-refractivity contribution in [2.24, 2.45) is 0 Å². The maximum atomic E-state index is 12.5. The Kier molecular flexibility index (Phi) is 5.81. The summed E-state index contributed by atoms with van der Waals surface area (Å²) in [5.41, 5.74) is 3.80. The number of aromatic nitrogens is 2. The number of carbonyl (C=O) groups is 1. The first-order valence-electron chi connectivity index (χ1n) is 9.90. The van der Waals surface area contributed by atoms with Crippen LogP contribution < -0.4 is 10.1 Å². The summed E-state index contributed by atoms with van der Waals surface area (Å²) in [6.45, 7) is 6.60. The third-order valence-corrected chi connectivity index (χ3v) is 5.42. The summed E-state index contributed by atoms with van der Waals surface area (Å²) in [5, 5.41) is 5.67. The summed E-state index contributed by atoms with van der Waals surface area (Å²) in [4.78, 5) is 21.6. The lowest BCUT2D eigenvalue weighted by molar-refractivity contribution is -0.115. The summed E-state index contributed by atoms with van der Waals surface area (Å²) in [6, 6.07) is 13.3. The number of nitrogens with one attached hydrogen (secondary N) is 1. The van der Waals surface area contributed by atoms with Gasteiger partial charge in [-0.05, 0) is 37.3 Å². The van der Waals surface area contributed by atoms with E-state index in [1.165, 1.54) is 11.3 Å². The number of para-hydroxylation sites is 1. The predicted octanol–water partition coefficient (Wildman–Crippen LogP) is 5.65. The Hall–Kier alpha value is -3.19. The van der Waals surface area contributed by atoms with Gasteiger partial charge in [-0.2, -0.15) is 0 Å². The van der Waals surface area contributed by atoms with E-state index in [2.05, 4.69) is 15.3 Å². The molecule has 0 aliphatic heterocycles. The van der Waals surface area contributed by atoms with Crippen LogP contribution in [0, 0.1) is 0 Å². The molecule has 0 saturated heterocycles. The van der Waals surface area contributed by atoms with Crippen LogP contribution in [0.1, 0.15) is 38.3 Å². The molecule has 1 amide bonds. The summed E-state index contributed by atoms with van der Waals surface area (Å²) < 4.78 is 11.4. The molecule has 6 nitrogen and oxygen atoms in total. The molecule has 2 aromatic heterocycles. The first-order valence-corrected chi connectivity index (χ1v) is 10.8. The number of rotatable bonds is 7. The Morgan fingerprint density at radius 2 is 2.03 bits per heavy atom. The molecule has 0 aliphatic carbocycles. The topological polar surface area (TPSA) is 77.2 Å². The van der Waals surface area contributed by atoms with Crippen molar-refractivity contribution in [3.8, 4) is 16.3 Å². The number of amides is 1. The molecular formula is C23H23N3O3S. The van der Waals surface area contributed by atoms with E-state index in [-0.39, 0.29) is 18.2 Å². The second-order valence-electron chi connectivity index (χ2n) is 7.19. The number of fused-ring (bicyclic) bond motifs is 1. The van der Waals surface area contributed by atoms with E-state index in [0.717, 1.165) is 27.5 Å². The molecule has 0 aliphatic rings. The molecule has 0 radical (unpaired) electrons. The fourth-order valence-electron chi connectivity index (χ4n) is 3.08. The van der Waals surface area contributed by atoms with Gasteiger partial charge in [0, 0.05) is 17.0 Å². The molecule has 4 aromatic rings. The smallest absolute Gasteiger partial charge is 0.230 e. The van der Waals surface area contributed by atoms with Crippen LogP contribution in [0.25, 0.3) is 21.7 Å². The standard InChI is InChI=1S/C23H23N3O3S/c1-4-28-19-8-6-5-7-17(19)23-25-16(13-30-23)12-21(27)24-15-9-10-20-18(11-15)26-22(29-20)14(2)3/h5-11,13-14H,4,12H2,1-3H3,(H,24,27). The van der Waals surface area contributed by atoms with Crippen LogP contribution in [0.3, 0.4) is 0 Å². The number of ether oxygens (including phenoxy) is 1. The Labute approximate surface area is 178 Å². The van der Waals surface area contributed by atoms with Gasteiger partial charge in [0.25, 0.3) is 0 Å². The van der Waals surface area contributed by atoms with Gasteiger partial charge in [0.05, 0.1) is 24.3 Å². The van der Waals surface area contributed by atoms with Crippen molar-refractivity contribution in [2.75, 3.05) is 11.9 Å². The van der Waals surface area contributed by atoms with Gasteiger partial charge in [0.1, 0.15) is 16.3 Å². The highest BCUT2D eigenvalue weighted by Gasteiger charge is 2.14. The summed E-state index contributed by atoms with van der Waals surface area (Å²) in [6.07, 6.45) is 0.196. The average molecular weight is 422 g/mol. The van der Waals surface area contributed by atoms with E-state index in [4.69, 9.17) is 9.15 Å². The Morgan fingerprint density at radius 3 is 2.83 bits per heavy atom. The highest BCUT2D eigenvalue weighted by Crippen LogP contribution is 2.32. The van der Waals surface area contributed by atoms with Crippen LogP contribution in [0.4, 0.5) is 5.69 Å². The van der Waals surface area contributed by atoms with Crippen molar-refractivity contribution in [2.45, 2.75) is 33.1 Å². The van der Waals surface area contributed by atoms with Gasteiger partial charge in [-0.25, -0.2) is 9.97 Å². The van der Waals surface area contributed by atoms with Crippen molar-refractivity contribution >= 4 is 34.0 Å². The Bertz CT molecular complexity index is 1180. The first kappa shape index (κ1) is 20.1. The molecule has 1 N–H and O–H groups in total. The fourth-order valence-corrected chi connectivity index (χ4v) is 3.93. The zero-order chi connectivity index (χ0) is 21.1. The number of benzene rings is 2. The highest BCUT2D eigenvalue weighted by molar-refractivity contribution is 7.13. The van der Waals surface area contributed by atoms with Gasteiger partial charge in [0.2, 0.25) is 5.91 Å². The van der Waals surface area contributed by atoms with E-state index in [0.29, 0.717) is 23.8 Å². The number of anilines is 1. The number of oxazole rings is 1. The maximum absolute atomic E-state index is 12.5. The number of hydrogen-bond acceptors (Lipinski definition) is 6. The van der Waals surface area contributed by atoms with Gasteiger partial charge >= 0.3 is 0 Å². The minimum absolute atomic E-state index is 0.128. The molecular weight excluding hydrogens is 398 g/mol. The van der Waals surface area contributed by atoms with E-state index in [9.17, 15) is 4.79 Å². The second kappa shape index (κ2) is 8.67. The average Bonchev–Trinajstić information content (AvgIpc) is 3.35. The fraction of sp³-hybridized carbons (Fsp3) is 0.261. The maximum Gasteiger partial charge on any atom is 0.230 e. The van der Waals surface area contributed by atoms with Crippen LogP contribution in [0.15, 0.2) is 52.3 Å². The van der Waals surface area contributed by atoms with Crippen molar-refractivity contribution in [1.82, 2.24) is 9.97 Å². The van der Waals surface area contributed by atoms with Crippen LogP contribution in [-0.4, -0.2) is 22.5 Å². The van der Waals surface area contributed by atoms with Gasteiger partial charge in [-0.15, -0.1) is 11.3 Å². The molecule has 0 unspecified atom stereocenters. The van der Waals surface area contributed by atoms with Gasteiger partial charge in [-0.3, -0.25) is 4.79 Å². The van der Waals surface area contributed by atoms with E-state index < -0.39 is 0 Å². The Balaban J connectivity index is 1.46. The van der Waals surface area contributed by atoms with E-state index in [1.807, 2.05) is 68.6 Å². The van der Waals surface area contributed by atoms with Crippen molar-refractivity contribution in [3.63, 3.8) is 0 Å². The van der Waals surface area contributed by atoms with Crippen LogP contribution in [-0.2, 0) is 11.2 Å². The molecule has 0 saturated carbocycles. The highest BCUT2D eigenvalue weighted by atomic mass is 32.1. The first-order chi connectivity index (χ1) is 14.5. The second-order valence-corrected chi connectivity index (χ2v) is 8.05. The van der Waals surface area contributed by atoms with Gasteiger partial charge in [0.15, 0.2) is 11.5 Å². The quantitative estimate of drug-likeness (QED) is 0.417. The SMILES string of the molecule is CCOc1ccccc1-c1nc(CC(=O)Nc2ccc3oc(C(C)C)nc3c2)cs1. The number of nitrogens with zero attached hydrogens (tertiary/aromatic N) is 2. The molecule has 7 heteroatoms. The molecule has 0 bridgehead atoms. The lowest BCUT2D eigenvalue weighted by atomic mass is 10.2. The molecule has 4 rings (SSSR count). The molecule has 30 heavy (non-hydrogen) atoms. The third-order valence-electron chi connectivity index (χ3n) is 4.49. The predicted molar refractivity (Wildman–Crippen MR) is 119 cm³/mol. The van der Waals surface area contributed by atoms with Gasteiger partial charge < -0.3 is 14.5 Å². The zero-order valence-electron chi connectivity index (χ0n) is 17.1. The lowest BCUT2D eigenvalue weighted by Gasteiger charge is -2.07. The molecule has 0 fully saturated rings. The minimum Gasteiger partial charge on any atom is -0.493 e. The third kappa shape index (κ3) is 4.36. The summed E-state index contributed by atoms with van der Waals surface area (Å²) in [7, 11) is 0. The summed E-state index contributed by atoms with van der Waals surface area (Å²) in [5.74, 6) is 1.57. The molecule has 2 heterocycles. The number of hydrogen-bond donors (Lipinski definition) is 1. The Morgan fingerprint density at radius 1 is 1.20 bits per heavy atom. The lowest BCUT2D eigenvalue weighted by Crippen LogP contribution is -2.14. The monoisotopic (exact) mass is 421 g/mol. The zero-order valence-corrected chi connectivity index (χ0v) is 18.0. The molecule has 0 spiro atoms. The number of thiazole rings is 1. The van der Waals surface area contributed by atoms with Crippen LogP contribution in [0.2, 0.25) is 0 Å². The van der Waals surface area contributed by atoms with Crippen molar-refractivity contribution in [3.05, 3.63) is 59.4 Å².